The number of carbonyl (C=O) groups excluding carboxylic acids is 1. The maximum atomic E-state index is 12.5. The van der Waals surface area contributed by atoms with Crippen molar-refractivity contribution in [2.45, 2.75) is 25.8 Å². The van der Waals surface area contributed by atoms with Crippen molar-refractivity contribution in [3.05, 3.63) is 77.4 Å². The molecule has 1 N–H and O–H groups in total. The Hall–Kier alpha value is -2.46. The number of thiophene rings is 1. The molecule has 1 amide bonds. The summed E-state index contributed by atoms with van der Waals surface area (Å²) in [6, 6.07) is 16.1. The van der Waals surface area contributed by atoms with Gasteiger partial charge in [-0.05, 0) is 35.1 Å². The van der Waals surface area contributed by atoms with E-state index in [1.807, 2.05) is 49.5 Å². The summed E-state index contributed by atoms with van der Waals surface area (Å²) in [5, 5.41) is 5.10. The molecule has 3 aromatic rings. The number of amides is 1. The van der Waals surface area contributed by atoms with Gasteiger partial charge < -0.3 is 5.32 Å². The first-order valence-electron chi connectivity index (χ1n) is 8.08. The Kier molecular flexibility index (Phi) is 5.39. The molecule has 0 radical (unpaired) electrons. The van der Waals surface area contributed by atoms with Crippen molar-refractivity contribution in [3.63, 3.8) is 0 Å². The summed E-state index contributed by atoms with van der Waals surface area (Å²) in [7, 11) is 0. The summed E-state index contributed by atoms with van der Waals surface area (Å²) >= 11 is 1.69. The van der Waals surface area contributed by atoms with Crippen molar-refractivity contribution >= 4 is 17.2 Å². The number of nitrogens with zero attached hydrogens (tertiary/aromatic N) is 1. The molecule has 0 aliphatic heterocycles. The minimum absolute atomic E-state index is 0.0604. The minimum Gasteiger partial charge on any atom is -0.351 e. The predicted molar refractivity (Wildman–Crippen MR) is 98.9 cm³/mol. The summed E-state index contributed by atoms with van der Waals surface area (Å²) < 4.78 is 0. The van der Waals surface area contributed by atoms with Crippen LogP contribution in [-0.2, 0) is 11.3 Å². The standard InChI is InChI=1S/C20H20N2OS/c1-2-18(16-7-4-3-5-8-16)20(23)22-13-15-11-17(14-21-12-15)19-9-6-10-24-19/h3-12,14,18H,2,13H2,1H3,(H,22,23)/t18-/m1/s1. The second-order valence-electron chi connectivity index (χ2n) is 5.65. The lowest BCUT2D eigenvalue weighted by molar-refractivity contribution is -0.122. The smallest absolute Gasteiger partial charge is 0.227 e. The number of pyridine rings is 1. The highest BCUT2D eigenvalue weighted by molar-refractivity contribution is 7.13. The second kappa shape index (κ2) is 7.88. The molecule has 2 aromatic heterocycles. The van der Waals surface area contributed by atoms with Gasteiger partial charge in [0.25, 0.3) is 0 Å². The molecule has 0 aliphatic rings. The summed E-state index contributed by atoms with van der Waals surface area (Å²) in [4.78, 5) is 18.0. The van der Waals surface area contributed by atoms with E-state index in [1.54, 1.807) is 17.5 Å². The fourth-order valence-electron chi connectivity index (χ4n) is 2.73. The maximum absolute atomic E-state index is 12.5. The van der Waals surface area contributed by atoms with E-state index in [4.69, 9.17) is 0 Å². The molecule has 0 spiro atoms. The first kappa shape index (κ1) is 16.4. The molecule has 0 saturated heterocycles. The van der Waals surface area contributed by atoms with E-state index in [1.165, 1.54) is 4.88 Å². The molecular formula is C20H20N2OS. The molecule has 4 heteroatoms. The van der Waals surface area contributed by atoms with Crippen LogP contribution in [0.2, 0.25) is 0 Å². The number of nitrogens with one attached hydrogen (secondary N) is 1. The van der Waals surface area contributed by atoms with Gasteiger partial charge in [0, 0.05) is 29.4 Å². The van der Waals surface area contributed by atoms with Gasteiger partial charge in [0.2, 0.25) is 5.91 Å². The molecule has 0 bridgehead atoms. The molecule has 0 fully saturated rings. The minimum atomic E-state index is -0.111. The molecule has 3 nitrogen and oxygen atoms in total. The average molecular weight is 336 g/mol. The zero-order valence-electron chi connectivity index (χ0n) is 13.6. The van der Waals surface area contributed by atoms with Gasteiger partial charge in [-0.15, -0.1) is 11.3 Å². The van der Waals surface area contributed by atoms with Crippen LogP contribution in [0.4, 0.5) is 0 Å². The van der Waals surface area contributed by atoms with Crippen LogP contribution < -0.4 is 5.32 Å². The Morgan fingerprint density at radius 1 is 1.17 bits per heavy atom. The zero-order chi connectivity index (χ0) is 16.8. The highest BCUT2D eigenvalue weighted by Gasteiger charge is 2.17. The molecular weight excluding hydrogens is 316 g/mol. The molecule has 1 atom stereocenters. The number of hydrogen-bond acceptors (Lipinski definition) is 3. The molecule has 0 unspecified atom stereocenters. The van der Waals surface area contributed by atoms with Crippen LogP contribution in [0.3, 0.4) is 0 Å². The summed E-state index contributed by atoms with van der Waals surface area (Å²) in [6.07, 6.45) is 4.44. The lowest BCUT2D eigenvalue weighted by atomic mass is 9.95. The third-order valence-electron chi connectivity index (χ3n) is 3.99. The number of carbonyl (C=O) groups is 1. The fraction of sp³-hybridized carbons (Fsp3) is 0.200. The third kappa shape index (κ3) is 3.89. The van der Waals surface area contributed by atoms with E-state index < -0.39 is 0 Å². The lowest BCUT2D eigenvalue weighted by Gasteiger charge is -2.15. The van der Waals surface area contributed by atoms with Gasteiger partial charge in [0.1, 0.15) is 0 Å². The van der Waals surface area contributed by atoms with E-state index in [9.17, 15) is 4.79 Å². The van der Waals surface area contributed by atoms with Gasteiger partial charge in [-0.1, -0.05) is 43.3 Å². The topological polar surface area (TPSA) is 42.0 Å². The average Bonchev–Trinajstić information content (AvgIpc) is 3.16. The first-order valence-corrected chi connectivity index (χ1v) is 8.96. The molecule has 3 rings (SSSR count). The Labute approximate surface area is 146 Å². The molecule has 1 aromatic carbocycles. The van der Waals surface area contributed by atoms with Crippen LogP contribution in [-0.4, -0.2) is 10.9 Å². The van der Waals surface area contributed by atoms with Crippen molar-refractivity contribution in [2.24, 2.45) is 0 Å². The number of aromatic nitrogens is 1. The molecule has 0 aliphatic carbocycles. The van der Waals surface area contributed by atoms with E-state index in [0.29, 0.717) is 6.54 Å². The Balaban J connectivity index is 1.67. The number of rotatable bonds is 6. The first-order chi connectivity index (χ1) is 11.8. The van der Waals surface area contributed by atoms with E-state index in [2.05, 4.69) is 27.8 Å². The molecule has 2 heterocycles. The van der Waals surface area contributed by atoms with Crippen LogP contribution in [0, 0.1) is 0 Å². The largest absolute Gasteiger partial charge is 0.351 e. The van der Waals surface area contributed by atoms with Crippen LogP contribution in [0.15, 0.2) is 66.3 Å². The van der Waals surface area contributed by atoms with Crippen molar-refractivity contribution in [3.8, 4) is 10.4 Å². The van der Waals surface area contributed by atoms with Gasteiger partial charge in [-0.2, -0.15) is 0 Å². The quantitative estimate of drug-likeness (QED) is 0.713. The fourth-order valence-corrected chi connectivity index (χ4v) is 3.44. The summed E-state index contributed by atoms with van der Waals surface area (Å²) in [5.41, 5.74) is 3.16. The van der Waals surface area contributed by atoms with E-state index in [-0.39, 0.29) is 11.8 Å². The highest BCUT2D eigenvalue weighted by atomic mass is 32.1. The highest BCUT2D eigenvalue weighted by Crippen LogP contribution is 2.24. The van der Waals surface area contributed by atoms with Crippen molar-refractivity contribution < 1.29 is 4.79 Å². The Bertz CT molecular complexity index is 784. The molecule has 0 saturated carbocycles. The summed E-state index contributed by atoms with van der Waals surface area (Å²) in [5.74, 6) is -0.0511. The predicted octanol–water partition coefficient (Wildman–Crippen LogP) is 4.62. The monoisotopic (exact) mass is 336 g/mol. The van der Waals surface area contributed by atoms with Gasteiger partial charge in [-0.25, -0.2) is 0 Å². The van der Waals surface area contributed by atoms with Crippen LogP contribution >= 0.6 is 11.3 Å². The maximum Gasteiger partial charge on any atom is 0.227 e. The van der Waals surface area contributed by atoms with Crippen molar-refractivity contribution in [1.29, 1.82) is 0 Å². The SMILES string of the molecule is CC[C@@H](C(=O)NCc1cncc(-c2cccs2)c1)c1ccccc1. The number of hydrogen-bond donors (Lipinski definition) is 1. The molecule has 24 heavy (non-hydrogen) atoms. The third-order valence-corrected chi connectivity index (χ3v) is 4.91. The Morgan fingerprint density at radius 2 is 2.00 bits per heavy atom. The molecule has 122 valence electrons. The van der Waals surface area contributed by atoms with Gasteiger partial charge >= 0.3 is 0 Å². The van der Waals surface area contributed by atoms with Gasteiger partial charge in [0.05, 0.1) is 5.92 Å². The lowest BCUT2D eigenvalue weighted by Crippen LogP contribution is -2.28. The van der Waals surface area contributed by atoms with Crippen LogP contribution in [0.25, 0.3) is 10.4 Å². The number of benzene rings is 1. The second-order valence-corrected chi connectivity index (χ2v) is 6.60. The zero-order valence-corrected chi connectivity index (χ0v) is 14.4. The van der Waals surface area contributed by atoms with Gasteiger partial charge in [0.15, 0.2) is 0 Å². The summed E-state index contributed by atoms with van der Waals surface area (Å²) in [6.45, 7) is 2.53. The van der Waals surface area contributed by atoms with Crippen molar-refractivity contribution in [2.75, 3.05) is 0 Å². The van der Waals surface area contributed by atoms with E-state index in [0.717, 1.165) is 23.1 Å². The van der Waals surface area contributed by atoms with Crippen LogP contribution in [0.5, 0.6) is 0 Å². The Morgan fingerprint density at radius 3 is 2.71 bits per heavy atom. The van der Waals surface area contributed by atoms with E-state index >= 15 is 0 Å². The van der Waals surface area contributed by atoms with Gasteiger partial charge in [-0.3, -0.25) is 9.78 Å². The van der Waals surface area contributed by atoms with Crippen LogP contribution in [0.1, 0.15) is 30.4 Å². The van der Waals surface area contributed by atoms with Crippen molar-refractivity contribution in [1.82, 2.24) is 10.3 Å². The normalized spacial score (nSPS) is 11.9.